The highest BCUT2D eigenvalue weighted by Gasteiger charge is 2.29. The van der Waals surface area contributed by atoms with Crippen molar-refractivity contribution in [3.8, 4) is 11.4 Å². The molecule has 6 aromatic heterocycles. The van der Waals surface area contributed by atoms with Crippen molar-refractivity contribution < 1.29 is 8.83 Å². The van der Waals surface area contributed by atoms with E-state index in [4.69, 9.17) is 28.8 Å². The standard InChI is InChI=1S/C79H72N8O2/c1-47-70-62(64-45-80-74(82-72(64)88-70)84(52-24-16-14-17-25-52)54-32-34-60-58-28-20-22-30-66(58)86(68(60)42-54)56-38-48(76(2,3)4)36-49(39-56)77(5,6)7)44-63-65-46-81-75(83-73(65)89-71(47)63)85(53-26-18-15-19-27-53)55-33-35-61-59-29-21-23-31-67(59)87(69(61)43-55)57-40-50(78(8,9)10)37-51(41-57)79(11,12)13/h14-46H,1-13H3. The number of hydrogen-bond acceptors (Lipinski definition) is 8. The van der Waals surface area contributed by atoms with Crippen LogP contribution in [0.5, 0.6) is 0 Å². The molecule has 15 aromatic rings. The normalized spacial score (nSPS) is 12.8. The molecule has 0 spiro atoms. The van der Waals surface area contributed by atoms with E-state index >= 15 is 0 Å². The van der Waals surface area contributed by atoms with Gasteiger partial charge in [0.2, 0.25) is 23.3 Å². The molecule has 440 valence electrons. The first-order valence-electron chi connectivity index (χ1n) is 30.9. The van der Waals surface area contributed by atoms with Crippen molar-refractivity contribution in [2.24, 2.45) is 0 Å². The maximum absolute atomic E-state index is 6.85. The van der Waals surface area contributed by atoms with Gasteiger partial charge in [0.15, 0.2) is 0 Å². The third-order valence-corrected chi connectivity index (χ3v) is 18.0. The van der Waals surface area contributed by atoms with Crippen LogP contribution in [0.4, 0.5) is 34.6 Å². The summed E-state index contributed by atoms with van der Waals surface area (Å²) in [6.45, 7) is 29.6. The van der Waals surface area contributed by atoms with Crippen LogP contribution in [0.25, 0.3) is 99.1 Å². The van der Waals surface area contributed by atoms with Crippen molar-refractivity contribution in [3.63, 3.8) is 0 Å². The summed E-state index contributed by atoms with van der Waals surface area (Å²) >= 11 is 0. The minimum atomic E-state index is -0.0573. The molecular weight excluding hydrogens is 1090 g/mol. The first-order chi connectivity index (χ1) is 42.5. The Morgan fingerprint density at radius 2 is 0.674 bits per heavy atom. The topological polar surface area (TPSA) is 94.2 Å². The Hall–Kier alpha value is -10.1. The summed E-state index contributed by atoms with van der Waals surface area (Å²) in [4.78, 5) is 25.1. The zero-order valence-electron chi connectivity index (χ0n) is 52.9. The minimum absolute atomic E-state index is 0.0573. The fraction of sp³-hybridized carbons (Fsp3) is 0.215. The maximum atomic E-state index is 6.85. The van der Waals surface area contributed by atoms with Gasteiger partial charge in [-0.3, -0.25) is 9.80 Å². The van der Waals surface area contributed by atoms with E-state index in [2.05, 4.69) is 254 Å². The Labute approximate surface area is 518 Å². The van der Waals surface area contributed by atoms with Gasteiger partial charge in [0.05, 0.1) is 44.2 Å². The molecule has 89 heavy (non-hydrogen) atoms. The molecular formula is C79H72N8O2. The molecule has 0 saturated carbocycles. The number of hydrogen-bond donors (Lipinski definition) is 0. The predicted molar refractivity (Wildman–Crippen MR) is 370 cm³/mol. The van der Waals surface area contributed by atoms with Crippen molar-refractivity contribution in [2.45, 2.75) is 112 Å². The Morgan fingerprint density at radius 3 is 1.04 bits per heavy atom. The average Bonchev–Trinajstić information content (AvgIpc) is 1.63. The summed E-state index contributed by atoms with van der Waals surface area (Å²) in [5.74, 6) is 0.963. The van der Waals surface area contributed by atoms with Crippen LogP contribution in [-0.2, 0) is 21.7 Å². The van der Waals surface area contributed by atoms with Crippen molar-refractivity contribution >= 4 is 122 Å². The van der Waals surface area contributed by atoms with Gasteiger partial charge in [-0.2, -0.15) is 9.97 Å². The van der Waals surface area contributed by atoms with Gasteiger partial charge in [0, 0.05) is 73.0 Å². The quantitative estimate of drug-likeness (QED) is 0.149. The molecule has 0 amide bonds. The molecule has 0 atom stereocenters. The number of aryl methyl sites for hydroxylation is 1. The molecule has 0 N–H and O–H groups in total. The molecule has 0 saturated heterocycles. The number of anilines is 6. The third-order valence-electron chi connectivity index (χ3n) is 18.0. The second kappa shape index (κ2) is 20.0. The average molecular weight is 1170 g/mol. The molecule has 10 heteroatoms. The maximum Gasteiger partial charge on any atom is 0.237 e. The number of furan rings is 2. The molecule has 0 aliphatic carbocycles. The van der Waals surface area contributed by atoms with Gasteiger partial charge >= 0.3 is 0 Å². The van der Waals surface area contributed by atoms with Crippen LogP contribution in [0.2, 0.25) is 0 Å². The van der Waals surface area contributed by atoms with Crippen molar-refractivity contribution in [1.29, 1.82) is 0 Å². The monoisotopic (exact) mass is 1160 g/mol. The lowest BCUT2D eigenvalue weighted by Gasteiger charge is -2.27. The number of benzene rings is 9. The smallest absolute Gasteiger partial charge is 0.237 e. The molecule has 0 aliphatic heterocycles. The van der Waals surface area contributed by atoms with Crippen LogP contribution in [0.1, 0.15) is 111 Å². The van der Waals surface area contributed by atoms with Gasteiger partial charge in [-0.15, -0.1) is 0 Å². The van der Waals surface area contributed by atoms with Crippen LogP contribution in [0.3, 0.4) is 0 Å². The zero-order valence-corrected chi connectivity index (χ0v) is 52.9. The van der Waals surface area contributed by atoms with E-state index in [-0.39, 0.29) is 21.7 Å². The van der Waals surface area contributed by atoms with Gasteiger partial charge < -0.3 is 18.0 Å². The van der Waals surface area contributed by atoms with Gasteiger partial charge in [-0.25, -0.2) is 9.97 Å². The summed E-state index contributed by atoms with van der Waals surface area (Å²) in [6.07, 6.45) is 3.78. The Balaban J connectivity index is 0.843. The second-order valence-electron chi connectivity index (χ2n) is 28.2. The molecule has 15 rings (SSSR count). The lowest BCUT2D eigenvalue weighted by atomic mass is 9.80. The summed E-state index contributed by atoms with van der Waals surface area (Å²) < 4.78 is 18.5. The van der Waals surface area contributed by atoms with E-state index in [0.717, 1.165) is 94.1 Å². The van der Waals surface area contributed by atoms with Crippen LogP contribution in [0, 0.1) is 6.92 Å². The van der Waals surface area contributed by atoms with Crippen LogP contribution < -0.4 is 9.80 Å². The highest BCUT2D eigenvalue weighted by molar-refractivity contribution is 6.16. The molecule has 0 bridgehead atoms. The predicted octanol–water partition coefficient (Wildman–Crippen LogP) is 21.7. The number of para-hydroxylation sites is 4. The Morgan fingerprint density at radius 1 is 0.326 bits per heavy atom. The third kappa shape index (κ3) is 9.29. The van der Waals surface area contributed by atoms with Gasteiger partial charge in [-0.1, -0.05) is 180 Å². The second-order valence-corrected chi connectivity index (χ2v) is 28.2. The van der Waals surface area contributed by atoms with Gasteiger partial charge in [0.1, 0.15) is 11.2 Å². The molecule has 0 fully saturated rings. The first kappa shape index (κ1) is 55.5. The fourth-order valence-electron chi connectivity index (χ4n) is 13.0. The van der Waals surface area contributed by atoms with Crippen LogP contribution in [0.15, 0.2) is 209 Å². The summed E-state index contributed by atoms with van der Waals surface area (Å²) in [5.41, 5.74) is 18.5. The summed E-state index contributed by atoms with van der Waals surface area (Å²) in [7, 11) is 0. The molecule has 9 aromatic carbocycles. The molecule has 6 heterocycles. The number of rotatable bonds is 8. The van der Waals surface area contributed by atoms with E-state index in [0.29, 0.717) is 34.5 Å². The number of nitrogens with zero attached hydrogens (tertiary/aromatic N) is 8. The molecule has 10 nitrogen and oxygen atoms in total. The molecule has 0 aliphatic rings. The lowest BCUT2D eigenvalue weighted by molar-refractivity contribution is 0.567. The van der Waals surface area contributed by atoms with Crippen LogP contribution >= 0.6 is 0 Å². The molecule has 0 unspecified atom stereocenters. The van der Waals surface area contributed by atoms with Gasteiger partial charge in [-0.05, 0) is 142 Å². The Kier molecular flexibility index (Phi) is 12.5. The minimum Gasteiger partial charge on any atom is -0.437 e. The van der Waals surface area contributed by atoms with Crippen molar-refractivity contribution in [2.75, 3.05) is 9.80 Å². The lowest BCUT2D eigenvalue weighted by Crippen LogP contribution is -2.17. The Bertz CT molecular complexity index is 4930. The molecule has 0 radical (unpaired) electrons. The van der Waals surface area contributed by atoms with E-state index in [1.165, 1.54) is 33.0 Å². The number of fused-ring (bicyclic) bond motifs is 12. The highest BCUT2D eigenvalue weighted by Crippen LogP contribution is 2.46. The van der Waals surface area contributed by atoms with Crippen molar-refractivity contribution in [1.82, 2.24) is 29.1 Å². The fourth-order valence-corrected chi connectivity index (χ4v) is 13.0. The van der Waals surface area contributed by atoms with E-state index in [1.807, 2.05) is 55.7 Å². The highest BCUT2D eigenvalue weighted by atomic mass is 16.4. The zero-order chi connectivity index (χ0) is 61.6. The van der Waals surface area contributed by atoms with Crippen LogP contribution in [-0.4, -0.2) is 29.1 Å². The van der Waals surface area contributed by atoms with Gasteiger partial charge in [0.25, 0.3) is 0 Å². The van der Waals surface area contributed by atoms with E-state index < -0.39 is 0 Å². The summed E-state index contributed by atoms with van der Waals surface area (Å²) in [5, 5.41) is 8.05. The van der Waals surface area contributed by atoms with E-state index in [1.54, 1.807) is 0 Å². The van der Waals surface area contributed by atoms with E-state index in [9.17, 15) is 0 Å². The SMILES string of the molecule is Cc1c2oc3nc(N(c4ccccc4)c4ccc5c6ccccc6n(-c6cc(C(C)(C)C)cc(C(C)(C)C)c6)c5c4)ncc3c2cc2c1oc1nc(N(c3ccccc3)c3ccc4c5ccccc5n(-c5cc(C(C)(C)C)cc(C(C)(C)C)c5)c4c3)ncc12. The van der Waals surface area contributed by atoms with Crippen molar-refractivity contribution in [3.05, 3.63) is 228 Å². The first-order valence-corrected chi connectivity index (χ1v) is 30.9. The largest absolute Gasteiger partial charge is 0.437 e. The summed E-state index contributed by atoms with van der Waals surface area (Å²) in [6, 6.07) is 67.8. The number of aromatic nitrogens is 6.